The molecule has 0 bridgehead atoms. The fraction of sp³-hybridized carbons (Fsp3) is 0.462. The van der Waals surface area contributed by atoms with Crippen LogP contribution in [0.5, 0.6) is 0 Å². The Hall–Kier alpha value is -1.10. The summed E-state index contributed by atoms with van der Waals surface area (Å²) < 4.78 is 12.9. The Balaban J connectivity index is 0.00000162. The van der Waals surface area contributed by atoms with Crippen molar-refractivity contribution < 1.29 is 4.39 Å². The van der Waals surface area contributed by atoms with Crippen LogP contribution < -0.4 is 10.6 Å². The van der Waals surface area contributed by atoms with Gasteiger partial charge >= 0.3 is 0 Å². The average molecular weight is 316 g/mol. The lowest BCUT2D eigenvalue weighted by Gasteiger charge is -2.09. The molecule has 5 heteroatoms. The van der Waals surface area contributed by atoms with E-state index in [1.807, 2.05) is 6.07 Å². The summed E-state index contributed by atoms with van der Waals surface area (Å²) in [6.07, 6.45) is 3.11. The van der Waals surface area contributed by atoms with Crippen molar-refractivity contribution in [2.75, 3.05) is 19.6 Å². The van der Waals surface area contributed by atoms with Gasteiger partial charge in [0.05, 0.1) is 0 Å². The van der Waals surface area contributed by atoms with E-state index in [-0.39, 0.29) is 22.8 Å². The van der Waals surface area contributed by atoms with Crippen LogP contribution in [0.3, 0.4) is 0 Å². The van der Waals surface area contributed by atoms with E-state index in [9.17, 15) is 4.39 Å². The number of nitrogens with one attached hydrogen (secondary N) is 2. The van der Waals surface area contributed by atoms with Crippen molar-refractivity contribution in [3.05, 3.63) is 35.6 Å². The lowest BCUT2D eigenvalue weighted by Crippen LogP contribution is -2.38. The number of nitrogens with zero attached hydrogens (tertiary/aromatic N) is 1. The first kappa shape index (κ1) is 15.0. The monoisotopic (exact) mass is 315 g/mol. The Kier molecular flexibility index (Phi) is 6.72. The predicted molar refractivity (Wildman–Crippen MR) is 78.0 cm³/mol. The quantitative estimate of drug-likeness (QED) is 0.897. The van der Waals surface area contributed by atoms with Crippen LogP contribution in [0.25, 0.3) is 0 Å². The fourth-order valence-corrected chi connectivity index (χ4v) is 1.83. The molecule has 0 spiro atoms. The molecule has 0 radical (unpaired) electrons. The third kappa shape index (κ3) is 5.04. The number of guanidine groups is 1. The first-order valence-electron chi connectivity index (χ1n) is 6.11. The first-order chi connectivity index (χ1) is 8.34. The van der Waals surface area contributed by atoms with Gasteiger partial charge in [-0.25, -0.2) is 4.39 Å². The van der Waals surface area contributed by atoms with Gasteiger partial charge in [-0.3, -0.25) is 4.99 Å². The van der Waals surface area contributed by atoms with Gasteiger partial charge in [-0.05, 0) is 37.0 Å². The van der Waals surface area contributed by atoms with Crippen LogP contribution in [0.2, 0.25) is 0 Å². The standard InChI is InChI=1S/C13H18FN3.BrH/c14-12-5-3-4-11(10-12)6-9-17-13-15-7-1-2-8-16-13;/h3-5,10H,1-2,6-9H2,(H2,15,16,17);1H. The zero-order chi connectivity index (χ0) is 11.9. The molecule has 100 valence electrons. The second kappa shape index (κ2) is 8.08. The second-order valence-electron chi connectivity index (χ2n) is 4.17. The molecule has 1 aliphatic rings. The topological polar surface area (TPSA) is 36.4 Å². The smallest absolute Gasteiger partial charge is 0.191 e. The largest absolute Gasteiger partial charge is 0.356 e. The van der Waals surface area contributed by atoms with Gasteiger partial charge in [0.15, 0.2) is 5.96 Å². The molecule has 1 aromatic carbocycles. The van der Waals surface area contributed by atoms with E-state index in [4.69, 9.17) is 0 Å². The van der Waals surface area contributed by atoms with E-state index in [2.05, 4.69) is 15.6 Å². The van der Waals surface area contributed by atoms with Crippen molar-refractivity contribution in [1.82, 2.24) is 10.6 Å². The highest BCUT2D eigenvalue weighted by Crippen LogP contribution is 2.03. The Morgan fingerprint density at radius 1 is 1.33 bits per heavy atom. The molecule has 18 heavy (non-hydrogen) atoms. The molecule has 0 saturated carbocycles. The molecule has 0 unspecified atom stereocenters. The average Bonchev–Trinajstić information content (AvgIpc) is 2.58. The highest BCUT2D eigenvalue weighted by atomic mass is 79.9. The van der Waals surface area contributed by atoms with Crippen molar-refractivity contribution in [3.63, 3.8) is 0 Å². The van der Waals surface area contributed by atoms with Crippen LogP contribution in [-0.2, 0) is 6.42 Å². The lowest BCUT2D eigenvalue weighted by molar-refractivity contribution is 0.625. The number of aliphatic imine (C=N–C) groups is 1. The van der Waals surface area contributed by atoms with E-state index < -0.39 is 0 Å². The maximum absolute atomic E-state index is 12.9. The first-order valence-corrected chi connectivity index (χ1v) is 6.11. The Labute approximate surface area is 118 Å². The molecular weight excluding hydrogens is 297 g/mol. The van der Waals surface area contributed by atoms with E-state index in [0.29, 0.717) is 0 Å². The summed E-state index contributed by atoms with van der Waals surface area (Å²) in [5.74, 6) is 0.700. The predicted octanol–water partition coefficient (Wildman–Crippen LogP) is 2.28. The minimum absolute atomic E-state index is 0. The van der Waals surface area contributed by atoms with Gasteiger partial charge in [0.2, 0.25) is 0 Å². The number of rotatable bonds is 3. The van der Waals surface area contributed by atoms with Crippen molar-refractivity contribution in [2.45, 2.75) is 19.3 Å². The normalized spacial score (nSPS) is 14.8. The molecule has 0 atom stereocenters. The molecule has 0 fully saturated rings. The van der Waals surface area contributed by atoms with Crippen LogP contribution >= 0.6 is 17.0 Å². The summed E-state index contributed by atoms with van der Waals surface area (Å²) >= 11 is 0. The summed E-state index contributed by atoms with van der Waals surface area (Å²) in [5, 5.41) is 6.49. The Bertz CT molecular complexity index is 396. The van der Waals surface area contributed by atoms with Gasteiger partial charge in [0.25, 0.3) is 0 Å². The third-order valence-electron chi connectivity index (χ3n) is 2.74. The number of halogens is 2. The molecule has 1 aromatic rings. The zero-order valence-electron chi connectivity index (χ0n) is 10.3. The molecule has 0 aromatic heterocycles. The van der Waals surface area contributed by atoms with Gasteiger partial charge in [-0.1, -0.05) is 12.1 Å². The van der Waals surface area contributed by atoms with Crippen molar-refractivity contribution in [2.24, 2.45) is 4.99 Å². The maximum Gasteiger partial charge on any atom is 0.191 e. The minimum Gasteiger partial charge on any atom is -0.356 e. The SMILES string of the molecule is Br.Fc1cccc(CCNC2=NCCCCN2)c1. The molecule has 2 N–H and O–H groups in total. The summed E-state index contributed by atoms with van der Waals surface area (Å²) in [4.78, 5) is 4.39. The summed E-state index contributed by atoms with van der Waals surface area (Å²) in [7, 11) is 0. The molecule has 2 rings (SSSR count). The van der Waals surface area contributed by atoms with Gasteiger partial charge in [-0.15, -0.1) is 17.0 Å². The van der Waals surface area contributed by atoms with E-state index >= 15 is 0 Å². The van der Waals surface area contributed by atoms with Crippen LogP contribution in [0.15, 0.2) is 29.3 Å². The Morgan fingerprint density at radius 3 is 3.06 bits per heavy atom. The molecule has 0 amide bonds. The van der Waals surface area contributed by atoms with Gasteiger partial charge in [0, 0.05) is 19.6 Å². The zero-order valence-corrected chi connectivity index (χ0v) is 12.0. The van der Waals surface area contributed by atoms with E-state index in [1.54, 1.807) is 12.1 Å². The van der Waals surface area contributed by atoms with Crippen LogP contribution in [0.1, 0.15) is 18.4 Å². The molecular formula is C13H19BrFN3. The van der Waals surface area contributed by atoms with Gasteiger partial charge < -0.3 is 10.6 Å². The third-order valence-corrected chi connectivity index (χ3v) is 2.74. The van der Waals surface area contributed by atoms with E-state index in [1.165, 1.54) is 12.5 Å². The van der Waals surface area contributed by atoms with Crippen molar-refractivity contribution in [1.29, 1.82) is 0 Å². The summed E-state index contributed by atoms with van der Waals surface area (Å²) in [6, 6.07) is 6.72. The maximum atomic E-state index is 12.9. The van der Waals surface area contributed by atoms with Crippen molar-refractivity contribution in [3.8, 4) is 0 Å². The Morgan fingerprint density at radius 2 is 2.22 bits per heavy atom. The van der Waals surface area contributed by atoms with E-state index in [0.717, 1.165) is 44.0 Å². The summed E-state index contributed by atoms with van der Waals surface area (Å²) in [5.41, 5.74) is 1.01. The van der Waals surface area contributed by atoms with Crippen molar-refractivity contribution >= 4 is 22.9 Å². The molecule has 1 heterocycles. The van der Waals surface area contributed by atoms with Crippen LogP contribution in [0.4, 0.5) is 4.39 Å². The number of hydrogen-bond acceptors (Lipinski definition) is 3. The highest BCUT2D eigenvalue weighted by molar-refractivity contribution is 8.93. The molecule has 3 nitrogen and oxygen atoms in total. The summed E-state index contributed by atoms with van der Waals surface area (Å²) in [6.45, 7) is 2.64. The second-order valence-corrected chi connectivity index (χ2v) is 4.17. The fourth-order valence-electron chi connectivity index (χ4n) is 1.83. The minimum atomic E-state index is -0.174. The number of benzene rings is 1. The van der Waals surface area contributed by atoms with Crippen LogP contribution in [-0.4, -0.2) is 25.6 Å². The van der Waals surface area contributed by atoms with Crippen LogP contribution in [0, 0.1) is 5.82 Å². The number of hydrogen-bond donors (Lipinski definition) is 2. The van der Waals surface area contributed by atoms with Gasteiger partial charge in [-0.2, -0.15) is 0 Å². The molecule has 0 saturated heterocycles. The molecule has 0 aliphatic carbocycles. The highest BCUT2D eigenvalue weighted by Gasteiger charge is 2.02. The van der Waals surface area contributed by atoms with Gasteiger partial charge in [0.1, 0.15) is 5.82 Å². The molecule has 1 aliphatic heterocycles. The lowest BCUT2D eigenvalue weighted by atomic mass is 10.1.